The molecule has 2 N–H and O–H groups in total. The van der Waals surface area contributed by atoms with Gasteiger partial charge in [0.25, 0.3) is 11.8 Å². The molecule has 0 fully saturated rings. The molecule has 0 unspecified atom stereocenters. The van der Waals surface area contributed by atoms with Crippen LogP contribution in [0, 0.1) is 17.5 Å². The van der Waals surface area contributed by atoms with Gasteiger partial charge in [0.1, 0.15) is 17.5 Å². The van der Waals surface area contributed by atoms with Crippen molar-refractivity contribution in [1.29, 1.82) is 0 Å². The number of amides is 2. The predicted octanol–water partition coefficient (Wildman–Crippen LogP) is 4.61. The molecule has 0 saturated heterocycles. The van der Waals surface area contributed by atoms with Crippen molar-refractivity contribution in [1.82, 2.24) is 0 Å². The zero-order valence-corrected chi connectivity index (χ0v) is 13.8. The van der Waals surface area contributed by atoms with E-state index in [0.717, 1.165) is 18.2 Å². The minimum atomic E-state index is -1.05. The molecule has 3 aromatic rings. The molecular weight excluding hydrogens is 357 g/mol. The van der Waals surface area contributed by atoms with Crippen molar-refractivity contribution in [2.24, 2.45) is 0 Å². The van der Waals surface area contributed by atoms with E-state index in [4.69, 9.17) is 0 Å². The summed E-state index contributed by atoms with van der Waals surface area (Å²) in [6, 6.07) is 14.1. The molecule has 0 aliphatic carbocycles. The lowest BCUT2D eigenvalue weighted by molar-refractivity contribution is 0.102. The Morgan fingerprint density at radius 3 is 1.89 bits per heavy atom. The predicted molar refractivity (Wildman–Crippen MR) is 95.1 cm³/mol. The van der Waals surface area contributed by atoms with Crippen LogP contribution in [-0.4, -0.2) is 11.8 Å². The molecule has 4 nitrogen and oxygen atoms in total. The zero-order valence-electron chi connectivity index (χ0n) is 13.8. The fourth-order valence-corrected chi connectivity index (χ4v) is 2.37. The average molecular weight is 370 g/mol. The minimum absolute atomic E-state index is 0.108. The van der Waals surface area contributed by atoms with Crippen LogP contribution < -0.4 is 10.6 Å². The summed E-state index contributed by atoms with van der Waals surface area (Å²) < 4.78 is 41.2. The zero-order chi connectivity index (χ0) is 19.4. The van der Waals surface area contributed by atoms with E-state index in [-0.39, 0.29) is 16.9 Å². The van der Waals surface area contributed by atoms with Gasteiger partial charge in [0.05, 0.1) is 16.8 Å². The number of rotatable bonds is 4. The van der Waals surface area contributed by atoms with Crippen LogP contribution in [0.15, 0.2) is 66.7 Å². The normalized spacial score (nSPS) is 10.3. The first kappa shape index (κ1) is 18.2. The molecule has 0 heterocycles. The standard InChI is InChI=1S/C20H13F3N2O2/c21-12-8-10-13(11-9-12)24-19(26)14-4-3-5-15(18(14)23)20(27)25-17-7-2-1-6-16(17)22/h1-11H,(H,24,26)(H,25,27). The summed E-state index contributed by atoms with van der Waals surface area (Å²) in [5.74, 6) is -3.90. The second-order valence-corrected chi connectivity index (χ2v) is 5.56. The SMILES string of the molecule is O=C(Nc1ccc(F)cc1)c1cccc(C(=O)Nc2ccccc2F)c1F. The van der Waals surface area contributed by atoms with Gasteiger partial charge in [-0.1, -0.05) is 18.2 Å². The molecule has 0 aliphatic rings. The molecule has 27 heavy (non-hydrogen) atoms. The fourth-order valence-electron chi connectivity index (χ4n) is 2.37. The minimum Gasteiger partial charge on any atom is -0.322 e. The number of hydrogen-bond donors (Lipinski definition) is 2. The number of benzene rings is 3. The van der Waals surface area contributed by atoms with Gasteiger partial charge >= 0.3 is 0 Å². The van der Waals surface area contributed by atoms with Gasteiger partial charge in [-0.25, -0.2) is 13.2 Å². The van der Waals surface area contributed by atoms with E-state index in [1.165, 1.54) is 48.5 Å². The molecule has 3 aromatic carbocycles. The van der Waals surface area contributed by atoms with Gasteiger partial charge in [-0.2, -0.15) is 0 Å². The number of nitrogens with one attached hydrogen (secondary N) is 2. The van der Waals surface area contributed by atoms with Gasteiger partial charge in [-0.15, -0.1) is 0 Å². The van der Waals surface area contributed by atoms with Crippen LogP contribution in [0.25, 0.3) is 0 Å². The third-order valence-electron chi connectivity index (χ3n) is 3.71. The van der Waals surface area contributed by atoms with Crippen LogP contribution in [0.5, 0.6) is 0 Å². The van der Waals surface area contributed by atoms with Crippen LogP contribution in [0.1, 0.15) is 20.7 Å². The monoisotopic (exact) mass is 370 g/mol. The van der Waals surface area contributed by atoms with Crippen LogP contribution in [0.3, 0.4) is 0 Å². The van der Waals surface area contributed by atoms with Crippen molar-refractivity contribution < 1.29 is 22.8 Å². The van der Waals surface area contributed by atoms with Crippen LogP contribution in [0.2, 0.25) is 0 Å². The lowest BCUT2D eigenvalue weighted by Gasteiger charge is -2.10. The van der Waals surface area contributed by atoms with Crippen molar-refractivity contribution in [3.63, 3.8) is 0 Å². The second kappa shape index (κ2) is 7.74. The quantitative estimate of drug-likeness (QED) is 0.705. The largest absolute Gasteiger partial charge is 0.322 e. The molecule has 3 rings (SSSR count). The number of anilines is 2. The Hall–Kier alpha value is -3.61. The van der Waals surface area contributed by atoms with Crippen molar-refractivity contribution >= 4 is 23.2 Å². The lowest BCUT2D eigenvalue weighted by atomic mass is 10.1. The first-order valence-electron chi connectivity index (χ1n) is 7.87. The maximum absolute atomic E-state index is 14.7. The highest BCUT2D eigenvalue weighted by molar-refractivity contribution is 6.09. The maximum atomic E-state index is 14.7. The summed E-state index contributed by atoms with van der Waals surface area (Å²) >= 11 is 0. The topological polar surface area (TPSA) is 58.2 Å². The Kier molecular flexibility index (Phi) is 5.21. The van der Waals surface area contributed by atoms with E-state index < -0.39 is 34.8 Å². The second-order valence-electron chi connectivity index (χ2n) is 5.56. The summed E-state index contributed by atoms with van der Waals surface area (Å²) in [5.41, 5.74) is -0.629. The number of carbonyl (C=O) groups is 2. The van der Waals surface area contributed by atoms with Gasteiger partial charge in [-0.3, -0.25) is 9.59 Å². The van der Waals surface area contributed by atoms with Crippen molar-refractivity contribution in [3.8, 4) is 0 Å². The van der Waals surface area contributed by atoms with Crippen molar-refractivity contribution in [2.45, 2.75) is 0 Å². The molecule has 2 amide bonds. The molecular formula is C20H13F3N2O2. The maximum Gasteiger partial charge on any atom is 0.258 e. The molecule has 0 aromatic heterocycles. The third-order valence-corrected chi connectivity index (χ3v) is 3.71. The van der Waals surface area contributed by atoms with Crippen molar-refractivity contribution in [3.05, 3.63) is 95.3 Å². The van der Waals surface area contributed by atoms with E-state index >= 15 is 0 Å². The van der Waals surface area contributed by atoms with E-state index in [1.807, 2.05) is 0 Å². The number of para-hydroxylation sites is 1. The molecule has 0 radical (unpaired) electrons. The highest BCUT2D eigenvalue weighted by atomic mass is 19.1. The van der Waals surface area contributed by atoms with E-state index in [2.05, 4.69) is 10.6 Å². The Labute approximate surface area is 152 Å². The smallest absolute Gasteiger partial charge is 0.258 e. The summed E-state index contributed by atoms with van der Waals surface area (Å²) in [7, 11) is 0. The van der Waals surface area contributed by atoms with E-state index in [0.29, 0.717) is 0 Å². The highest BCUT2D eigenvalue weighted by Crippen LogP contribution is 2.19. The average Bonchev–Trinajstić information content (AvgIpc) is 2.65. The van der Waals surface area contributed by atoms with Gasteiger partial charge in [0, 0.05) is 5.69 Å². The highest BCUT2D eigenvalue weighted by Gasteiger charge is 2.20. The summed E-state index contributed by atoms with van der Waals surface area (Å²) in [6.07, 6.45) is 0. The van der Waals surface area contributed by atoms with E-state index in [9.17, 15) is 22.8 Å². The number of halogens is 3. The first-order chi connectivity index (χ1) is 13.0. The lowest BCUT2D eigenvalue weighted by Crippen LogP contribution is -2.19. The van der Waals surface area contributed by atoms with Crippen LogP contribution >= 0.6 is 0 Å². The number of carbonyl (C=O) groups excluding carboxylic acids is 2. The number of hydrogen-bond acceptors (Lipinski definition) is 2. The molecule has 0 atom stereocenters. The first-order valence-corrected chi connectivity index (χ1v) is 7.87. The van der Waals surface area contributed by atoms with Gasteiger partial charge in [0.2, 0.25) is 0 Å². The Morgan fingerprint density at radius 1 is 0.667 bits per heavy atom. The fraction of sp³-hybridized carbons (Fsp3) is 0. The summed E-state index contributed by atoms with van der Waals surface area (Å²) in [6.45, 7) is 0. The van der Waals surface area contributed by atoms with E-state index in [1.54, 1.807) is 0 Å². The molecule has 7 heteroatoms. The van der Waals surface area contributed by atoms with Gasteiger partial charge in [0.15, 0.2) is 0 Å². The molecule has 136 valence electrons. The Bertz CT molecular complexity index is 1000. The molecule has 0 saturated carbocycles. The molecule has 0 aliphatic heterocycles. The summed E-state index contributed by atoms with van der Waals surface area (Å²) in [4.78, 5) is 24.5. The van der Waals surface area contributed by atoms with Crippen LogP contribution in [0.4, 0.5) is 24.5 Å². The van der Waals surface area contributed by atoms with Crippen molar-refractivity contribution in [2.75, 3.05) is 10.6 Å². The molecule has 0 bridgehead atoms. The van der Waals surface area contributed by atoms with Gasteiger partial charge < -0.3 is 10.6 Å². The third kappa shape index (κ3) is 4.14. The Morgan fingerprint density at radius 2 is 1.26 bits per heavy atom. The van der Waals surface area contributed by atoms with Gasteiger partial charge in [-0.05, 0) is 48.5 Å². The summed E-state index contributed by atoms with van der Waals surface area (Å²) in [5, 5.41) is 4.68. The Balaban J connectivity index is 1.82. The molecule has 0 spiro atoms. The van der Waals surface area contributed by atoms with Crippen LogP contribution in [-0.2, 0) is 0 Å².